The highest BCUT2D eigenvalue weighted by Gasteiger charge is 2.58. The van der Waals surface area contributed by atoms with Crippen LogP contribution in [0.3, 0.4) is 0 Å². The minimum atomic E-state index is -0.408. The number of allylic oxidation sites excluding steroid dienone is 3. The minimum absolute atomic E-state index is 0.0805. The fourth-order valence-corrected chi connectivity index (χ4v) is 3.60. The van der Waals surface area contributed by atoms with Crippen molar-refractivity contribution >= 4 is 11.8 Å². The molecule has 2 aliphatic rings. The van der Waals surface area contributed by atoms with Gasteiger partial charge in [-0.05, 0) is 18.8 Å². The number of carbonyl (C=O) groups excluding carboxylic acids is 2. The molecule has 4 unspecified atom stereocenters. The van der Waals surface area contributed by atoms with E-state index in [2.05, 4.69) is 24.6 Å². The van der Waals surface area contributed by atoms with Gasteiger partial charge in [-0.15, -0.1) is 13.2 Å². The Hall–Kier alpha value is -1.84. The first kappa shape index (κ1) is 13.6. The molecule has 0 radical (unpaired) electrons. The van der Waals surface area contributed by atoms with E-state index in [0.29, 0.717) is 13.0 Å². The molecule has 19 heavy (non-hydrogen) atoms. The Balaban J connectivity index is 2.31. The Labute approximate surface area is 113 Å². The van der Waals surface area contributed by atoms with Crippen LogP contribution in [-0.2, 0) is 9.59 Å². The first-order valence-corrected chi connectivity index (χ1v) is 6.54. The second kappa shape index (κ2) is 5.03. The first-order valence-electron chi connectivity index (χ1n) is 6.54. The predicted octanol–water partition coefficient (Wildman–Crippen LogP) is 1.16. The summed E-state index contributed by atoms with van der Waals surface area (Å²) in [7, 11) is 0. The van der Waals surface area contributed by atoms with Gasteiger partial charge in [-0.2, -0.15) is 0 Å². The highest BCUT2D eigenvalue weighted by molar-refractivity contribution is 5.89. The molecule has 0 aromatic rings. The molecule has 0 aromatic carbocycles. The monoisotopic (exact) mass is 260 g/mol. The van der Waals surface area contributed by atoms with Crippen molar-refractivity contribution < 1.29 is 9.59 Å². The Morgan fingerprint density at radius 2 is 2.16 bits per heavy atom. The molecule has 1 fully saturated rings. The molecule has 3 N–H and O–H groups in total. The van der Waals surface area contributed by atoms with Crippen LogP contribution in [-0.4, -0.2) is 18.4 Å². The summed E-state index contributed by atoms with van der Waals surface area (Å²) in [5.74, 6) is -1.22. The third-order valence-electron chi connectivity index (χ3n) is 4.29. The molecule has 4 nitrogen and oxygen atoms in total. The topological polar surface area (TPSA) is 72.2 Å². The third-order valence-corrected chi connectivity index (χ3v) is 4.29. The van der Waals surface area contributed by atoms with Crippen LogP contribution in [0.4, 0.5) is 0 Å². The first-order chi connectivity index (χ1) is 9.05. The van der Waals surface area contributed by atoms with E-state index in [9.17, 15) is 9.59 Å². The van der Waals surface area contributed by atoms with Gasteiger partial charge in [0, 0.05) is 12.0 Å². The summed E-state index contributed by atoms with van der Waals surface area (Å²) in [5, 5.41) is 2.79. The molecular formula is C15H20N2O2. The quantitative estimate of drug-likeness (QED) is 0.703. The highest BCUT2D eigenvalue weighted by Crippen LogP contribution is 2.58. The molecule has 4 heteroatoms. The minimum Gasteiger partial charge on any atom is -0.369 e. The van der Waals surface area contributed by atoms with Gasteiger partial charge in [0.1, 0.15) is 0 Å². The summed E-state index contributed by atoms with van der Waals surface area (Å²) in [4.78, 5) is 24.0. The lowest BCUT2D eigenvalue weighted by atomic mass is 9.71. The third kappa shape index (κ3) is 2.11. The maximum atomic E-state index is 12.4. The van der Waals surface area contributed by atoms with Crippen molar-refractivity contribution in [3.8, 4) is 0 Å². The van der Waals surface area contributed by atoms with E-state index in [1.54, 1.807) is 6.08 Å². The van der Waals surface area contributed by atoms with Crippen LogP contribution in [0.15, 0.2) is 37.5 Å². The molecule has 0 aliphatic heterocycles. The average molecular weight is 260 g/mol. The molecule has 0 saturated heterocycles. The fourth-order valence-electron chi connectivity index (χ4n) is 3.60. The number of primary amides is 1. The van der Waals surface area contributed by atoms with E-state index in [4.69, 9.17) is 5.73 Å². The number of rotatable bonds is 6. The van der Waals surface area contributed by atoms with Crippen molar-refractivity contribution in [2.75, 3.05) is 6.54 Å². The summed E-state index contributed by atoms with van der Waals surface area (Å²) in [6.07, 6.45) is 9.02. The van der Waals surface area contributed by atoms with Crippen LogP contribution in [0.2, 0.25) is 0 Å². The van der Waals surface area contributed by atoms with Gasteiger partial charge in [0.25, 0.3) is 0 Å². The molecular weight excluding hydrogens is 240 g/mol. The van der Waals surface area contributed by atoms with Crippen LogP contribution in [0.5, 0.6) is 0 Å². The standard InChI is InChI=1S/C15H20N2O2/c1-3-6-15-7-5-10(9-15)11(13(16)18)12(15)14(19)17-8-4-2/h3-5,7,10-12H,1-2,6,8-9H2,(H2,16,18)(H,17,19). The van der Waals surface area contributed by atoms with Crippen LogP contribution in [0.25, 0.3) is 0 Å². The largest absolute Gasteiger partial charge is 0.369 e. The summed E-state index contributed by atoms with van der Waals surface area (Å²) in [6, 6.07) is 0. The maximum Gasteiger partial charge on any atom is 0.225 e. The summed E-state index contributed by atoms with van der Waals surface area (Å²) in [5.41, 5.74) is 5.20. The lowest BCUT2D eigenvalue weighted by Gasteiger charge is -2.33. The molecule has 2 rings (SSSR count). The van der Waals surface area contributed by atoms with Crippen molar-refractivity contribution in [1.82, 2.24) is 5.32 Å². The number of hydrogen-bond acceptors (Lipinski definition) is 2. The molecule has 102 valence electrons. The molecule has 1 saturated carbocycles. The number of nitrogens with two attached hydrogens (primary N) is 1. The normalized spacial score (nSPS) is 35.1. The van der Waals surface area contributed by atoms with Crippen LogP contribution >= 0.6 is 0 Å². The van der Waals surface area contributed by atoms with Crippen LogP contribution in [0.1, 0.15) is 12.8 Å². The molecule has 0 aromatic heterocycles. The molecule has 0 heterocycles. The van der Waals surface area contributed by atoms with Gasteiger partial charge >= 0.3 is 0 Å². The van der Waals surface area contributed by atoms with Crippen molar-refractivity contribution in [1.29, 1.82) is 0 Å². The van der Waals surface area contributed by atoms with Gasteiger partial charge in [-0.25, -0.2) is 0 Å². The Bertz CT molecular complexity index is 455. The second-order valence-electron chi connectivity index (χ2n) is 5.39. The number of hydrogen-bond donors (Lipinski definition) is 2. The van der Waals surface area contributed by atoms with Gasteiger partial charge in [-0.3, -0.25) is 9.59 Å². The van der Waals surface area contributed by atoms with Gasteiger partial charge in [0.05, 0.1) is 11.8 Å². The Morgan fingerprint density at radius 1 is 1.42 bits per heavy atom. The zero-order valence-electron chi connectivity index (χ0n) is 11.0. The number of nitrogens with one attached hydrogen (secondary N) is 1. The highest BCUT2D eigenvalue weighted by atomic mass is 16.2. The van der Waals surface area contributed by atoms with Crippen LogP contribution in [0, 0.1) is 23.2 Å². The zero-order chi connectivity index (χ0) is 14.0. The summed E-state index contributed by atoms with van der Waals surface area (Å²) >= 11 is 0. The Kier molecular flexibility index (Phi) is 3.60. The zero-order valence-corrected chi connectivity index (χ0v) is 11.0. The molecule has 4 atom stereocenters. The van der Waals surface area contributed by atoms with Crippen molar-refractivity contribution in [2.24, 2.45) is 28.9 Å². The van der Waals surface area contributed by atoms with Gasteiger partial charge < -0.3 is 11.1 Å². The van der Waals surface area contributed by atoms with Gasteiger partial charge in [0.2, 0.25) is 11.8 Å². The van der Waals surface area contributed by atoms with Crippen molar-refractivity contribution in [3.63, 3.8) is 0 Å². The maximum absolute atomic E-state index is 12.4. The van der Waals surface area contributed by atoms with E-state index in [1.165, 1.54) is 0 Å². The molecule has 2 amide bonds. The van der Waals surface area contributed by atoms with Gasteiger partial charge in [0.15, 0.2) is 0 Å². The lowest BCUT2D eigenvalue weighted by Crippen LogP contribution is -2.46. The SMILES string of the molecule is C=CCNC(=O)C1C(C(N)=O)C2C=CC1(CC=C)C2. The predicted molar refractivity (Wildman–Crippen MR) is 73.9 cm³/mol. The summed E-state index contributed by atoms with van der Waals surface area (Å²) < 4.78 is 0. The average Bonchev–Trinajstić information content (AvgIpc) is 2.91. The molecule has 2 bridgehead atoms. The number of fused-ring (bicyclic) bond motifs is 2. The second-order valence-corrected chi connectivity index (χ2v) is 5.39. The van der Waals surface area contributed by atoms with Gasteiger partial charge in [-0.1, -0.05) is 24.3 Å². The Morgan fingerprint density at radius 3 is 2.74 bits per heavy atom. The van der Waals surface area contributed by atoms with E-state index in [-0.39, 0.29) is 23.1 Å². The number of carbonyl (C=O) groups is 2. The van der Waals surface area contributed by atoms with E-state index >= 15 is 0 Å². The van der Waals surface area contributed by atoms with Crippen molar-refractivity contribution in [3.05, 3.63) is 37.5 Å². The molecule has 2 aliphatic carbocycles. The van der Waals surface area contributed by atoms with Crippen LogP contribution < -0.4 is 11.1 Å². The summed E-state index contributed by atoms with van der Waals surface area (Å²) in [6.45, 7) is 7.74. The van der Waals surface area contributed by atoms with E-state index < -0.39 is 11.8 Å². The van der Waals surface area contributed by atoms with Crippen molar-refractivity contribution in [2.45, 2.75) is 12.8 Å². The number of amides is 2. The smallest absolute Gasteiger partial charge is 0.225 e. The lowest BCUT2D eigenvalue weighted by molar-refractivity contribution is -0.135. The van der Waals surface area contributed by atoms with E-state index in [0.717, 1.165) is 6.42 Å². The van der Waals surface area contributed by atoms with E-state index in [1.807, 2.05) is 12.2 Å². The molecule has 0 spiro atoms. The fraction of sp³-hybridized carbons (Fsp3) is 0.467.